The number of nitrogens with two attached hydrogens (primary N) is 1. The molecule has 0 amide bonds. The number of carbonyl (C=O) groups is 2. The Morgan fingerprint density at radius 2 is 0.896 bits per heavy atom. The third-order valence-electron chi connectivity index (χ3n) is 8.74. The van der Waals surface area contributed by atoms with Crippen LogP contribution in [0.2, 0.25) is 0 Å². The highest BCUT2D eigenvalue weighted by Gasteiger charge is 2.26. The second-order valence-electron chi connectivity index (χ2n) is 13.5. The maximum Gasteiger partial charge on any atom is 0.472 e. The summed E-state index contributed by atoms with van der Waals surface area (Å²) in [6, 6.07) is 0. The molecule has 48 heavy (non-hydrogen) atoms. The number of hydrogen-bond acceptors (Lipinski definition) is 8. The summed E-state index contributed by atoms with van der Waals surface area (Å²) in [6.07, 6.45) is 32.7. The summed E-state index contributed by atoms with van der Waals surface area (Å²) in [6.45, 7) is 3.75. The van der Waals surface area contributed by atoms with Crippen LogP contribution in [-0.4, -0.2) is 49.3 Å². The second kappa shape index (κ2) is 35.8. The van der Waals surface area contributed by atoms with Crippen LogP contribution in [0.5, 0.6) is 0 Å². The molecule has 286 valence electrons. The minimum absolute atomic E-state index is 0.0578. The van der Waals surface area contributed by atoms with Gasteiger partial charge in [-0.05, 0) is 12.8 Å². The maximum absolute atomic E-state index is 12.5. The van der Waals surface area contributed by atoms with Crippen molar-refractivity contribution in [3.8, 4) is 0 Å². The van der Waals surface area contributed by atoms with Crippen molar-refractivity contribution in [1.29, 1.82) is 0 Å². The molecule has 0 heterocycles. The molecule has 2 unspecified atom stereocenters. The van der Waals surface area contributed by atoms with E-state index in [2.05, 4.69) is 13.8 Å². The molecule has 0 aromatic heterocycles. The summed E-state index contributed by atoms with van der Waals surface area (Å²) >= 11 is 0. The van der Waals surface area contributed by atoms with Crippen LogP contribution in [0.4, 0.5) is 0 Å². The Bertz CT molecular complexity index is 769. The van der Waals surface area contributed by atoms with Gasteiger partial charge in [0.05, 0.1) is 13.2 Å². The van der Waals surface area contributed by atoms with E-state index in [1.165, 1.54) is 135 Å². The smallest absolute Gasteiger partial charge is 0.462 e. The zero-order valence-electron chi connectivity index (χ0n) is 31.2. The molecule has 0 aliphatic heterocycles. The first kappa shape index (κ1) is 47.0. The second-order valence-corrected chi connectivity index (χ2v) is 15.0. The van der Waals surface area contributed by atoms with Gasteiger partial charge < -0.3 is 20.1 Å². The van der Waals surface area contributed by atoms with Gasteiger partial charge in [-0.2, -0.15) is 0 Å². The lowest BCUT2D eigenvalue weighted by Crippen LogP contribution is -2.29. The molecule has 0 spiro atoms. The summed E-state index contributed by atoms with van der Waals surface area (Å²) in [5, 5.41) is 0. The predicted molar refractivity (Wildman–Crippen MR) is 197 cm³/mol. The third kappa shape index (κ3) is 34.9. The SMILES string of the molecule is CCCCCCCCCCCCCCCCCC(=O)OCC(COP(=O)(O)OCCN)OC(=O)CCCCCCCCCCCCCC. The summed E-state index contributed by atoms with van der Waals surface area (Å²) in [4.78, 5) is 34.7. The highest BCUT2D eigenvalue weighted by Crippen LogP contribution is 2.43. The van der Waals surface area contributed by atoms with Crippen molar-refractivity contribution < 1.29 is 37.6 Å². The van der Waals surface area contributed by atoms with E-state index in [1.54, 1.807) is 0 Å². The van der Waals surface area contributed by atoms with E-state index < -0.39 is 26.5 Å². The minimum atomic E-state index is -4.36. The fourth-order valence-corrected chi connectivity index (χ4v) is 6.52. The molecule has 10 heteroatoms. The van der Waals surface area contributed by atoms with E-state index in [-0.39, 0.29) is 38.6 Å². The summed E-state index contributed by atoms with van der Waals surface area (Å²) in [5.74, 6) is -0.817. The van der Waals surface area contributed by atoms with E-state index >= 15 is 0 Å². The number of phosphoric acid groups is 1. The minimum Gasteiger partial charge on any atom is -0.462 e. The Morgan fingerprint density at radius 1 is 0.542 bits per heavy atom. The van der Waals surface area contributed by atoms with E-state index in [9.17, 15) is 19.0 Å². The Morgan fingerprint density at radius 3 is 1.27 bits per heavy atom. The number of hydrogen-bond donors (Lipinski definition) is 2. The molecule has 0 aliphatic carbocycles. The fraction of sp³-hybridized carbons (Fsp3) is 0.947. The molecule has 0 rings (SSSR count). The maximum atomic E-state index is 12.5. The van der Waals surface area contributed by atoms with Crippen LogP contribution in [0.1, 0.15) is 200 Å². The van der Waals surface area contributed by atoms with Gasteiger partial charge in [-0.25, -0.2) is 4.57 Å². The number of carbonyl (C=O) groups excluding carboxylic acids is 2. The Hall–Kier alpha value is -0.990. The topological polar surface area (TPSA) is 134 Å². The number of unbranched alkanes of at least 4 members (excludes halogenated alkanes) is 25. The molecule has 0 saturated carbocycles. The standard InChI is InChI=1S/C38H76NO8P/c1-3-5-7-9-11-13-15-17-18-19-21-22-24-26-28-30-37(40)44-34-36(35-46-48(42,43)45-33-32-39)47-38(41)31-29-27-25-23-20-16-14-12-10-8-6-4-2/h36H,3-35,39H2,1-2H3,(H,42,43). The van der Waals surface area contributed by atoms with Crippen molar-refractivity contribution in [3.63, 3.8) is 0 Å². The third-order valence-corrected chi connectivity index (χ3v) is 9.73. The van der Waals surface area contributed by atoms with E-state index in [0.717, 1.165) is 32.1 Å². The molecular weight excluding hydrogens is 629 g/mol. The molecule has 0 bridgehead atoms. The highest BCUT2D eigenvalue weighted by molar-refractivity contribution is 7.47. The van der Waals surface area contributed by atoms with Crippen LogP contribution in [0.3, 0.4) is 0 Å². The molecule has 0 aromatic carbocycles. The number of esters is 2. The van der Waals surface area contributed by atoms with Crippen molar-refractivity contribution in [1.82, 2.24) is 0 Å². The van der Waals surface area contributed by atoms with Crippen molar-refractivity contribution in [2.45, 2.75) is 206 Å². The van der Waals surface area contributed by atoms with Gasteiger partial charge in [-0.3, -0.25) is 18.6 Å². The van der Waals surface area contributed by atoms with Gasteiger partial charge in [0, 0.05) is 19.4 Å². The summed E-state index contributed by atoms with van der Waals surface area (Å²) in [5.41, 5.74) is 5.33. The van der Waals surface area contributed by atoms with Crippen LogP contribution in [0.15, 0.2) is 0 Å². The van der Waals surface area contributed by atoms with Gasteiger partial charge in [0.1, 0.15) is 6.61 Å². The van der Waals surface area contributed by atoms with Crippen LogP contribution in [-0.2, 0) is 32.7 Å². The van der Waals surface area contributed by atoms with Crippen molar-refractivity contribution in [3.05, 3.63) is 0 Å². The van der Waals surface area contributed by atoms with Crippen LogP contribution in [0.25, 0.3) is 0 Å². The first-order chi connectivity index (χ1) is 23.3. The quantitative estimate of drug-likeness (QED) is 0.0365. The van der Waals surface area contributed by atoms with Gasteiger partial charge in [0.15, 0.2) is 6.10 Å². The van der Waals surface area contributed by atoms with Crippen LogP contribution < -0.4 is 5.73 Å². The molecule has 3 N–H and O–H groups in total. The fourth-order valence-electron chi connectivity index (χ4n) is 5.75. The molecule has 0 aliphatic rings. The van der Waals surface area contributed by atoms with Crippen molar-refractivity contribution >= 4 is 19.8 Å². The molecule has 0 fully saturated rings. The molecule has 0 aromatic rings. The van der Waals surface area contributed by atoms with Gasteiger partial charge in [0.2, 0.25) is 0 Å². The molecule has 0 radical (unpaired) electrons. The lowest BCUT2D eigenvalue weighted by atomic mass is 10.0. The van der Waals surface area contributed by atoms with Gasteiger partial charge >= 0.3 is 19.8 Å². The van der Waals surface area contributed by atoms with E-state index in [0.29, 0.717) is 6.42 Å². The Kier molecular flexibility index (Phi) is 35.1. The van der Waals surface area contributed by atoms with Crippen molar-refractivity contribution in [2.75, 3.05) is 26.4 Å². The average molecular weight is 706 g/mol. The monoisotopic (exact) mass is 706 g/mol. The summed E-state index contributed by atoms with van der Waals surface area (Å²) < 4.78 is 32.7. The first-order valence-corrected chi connectivity index (χ1v) is 21.5. The highest BCUT2D eigenvalue weighted by atomic mass is 31.2. The Labute approximate surface area is 295 Å². The van der Waals surface area contributed by atoms with Gasteiger partial charge in [0.25, 0.3) is 0 Å². The van der Waals surface area contributed by atoms with E-state index in [4.69, 9.17) is 24.3 Å². The molecule has 2 atom stereocenters. The zero-order chi connectivity index (χ0) is 35.4. The average Bonchev–Trinajstić information content (AvgIpc) is 3.07. The lowest BCUT2D eigenvalue weighted by Gasteiger charge is -2.19. The van der Waals surface area contributed by atoms with Crippen LogP contribution in [0, 0.1) is 0 Å². The largest absolute Gasteiger partial charge is 0.472 e. The molecular formula is C38H76NO8P. The van der Waals surface area contributed by atoms with Crippen molar-refractivity contribution in [2.24, 2.45) is 5.73 Å². The summed E-state index contributed by atoms with van der Waals surface area (Å²) in [7, 11) is -4.36. The predicted octanol–water partition coefficient (Wildman–Crippen LogP) is 10.9. The molecule has 9 nitrogen and oxygen atoms in total. The Balaban J connectivity index is 4.14. The lowest BCUT2D eigenvalue weighted by molar-refractivity contribution is -0.161. The number of phosphoric ester groups is 1. The normalized spacial score (nSPS) is 13.3. The number of rotatable bonds is 38. The zero-order valence-corrected chi connectivity index (χ0v) is 32.1. The molecule has 0 saturated heterocycles. The van der Waals surface area contributed by atoms with Crippen LogP contribution >= 0.6 is 7.82 Å². The number of ether oxygens (including phenoxy) is 2. The van der Waals surface area contributed by atoms with E-state index in [1.807, 2.05) is 0 Å². The van der Waals surface area contributed by atoms with Gasteiger partial charge in [-0.15, -0.1) is 0 Å². The van der Waals surface area contributed by atoms with Gasteiger partial charge in [-0.1, -0.05) is 174 Å². The first-order valence-electron chi connectivity index (χ1n) is 20.0.